The van der Waals surface area contributed by atoms with Gasteiger partial charge in [-0.05, 0) is 31.0 Å². The maximum Gasteiger partial charge on any atom is 0.516 e. The molecule has 0 fully saturated rings. The van der Waals surface area contributed by atoms with Gasteiger partial charge in [-0.15, -0.1) is 24.3 Å². The van der Waals surface area contributed by atoms with E-state index < -0.39 is 15.5 Å². The molecule has 10 nitrogen and oxygen atoms in total. The molecule has 0 amide bonds. The Labute approximate surface area is 177 Å². The zero-order valence-electron chi connectivity index (χ0n) is 16.9. The van der Waals surface area contributed by atoms with E-state index in [4.69, 9.17) is 0 Å². The molecule has 1 aromatic carbocycles. The summed E-state index contributed by atoms with van der Waals surface area (Å²) in [5.41, 5.74) is -4.34. The van der Waals surface area contributed by atoms with E-state index in [1.807, 2.05) is 11.8 Å². The first-order valence-electron chi connectivity index (χ1n) is 9.26. The minimum absolute atomic E-state index is 0.0483. The van der Waals surface area contributed by atoms with Crippen LogP contribution in [0.4, 0.5) is 47.8 Å². The summed E-state index contributed by atoms with van der Waals surface area (Å²) in [6, 6.07) is 2.89. The Morgan fingerprint density at radius 3 is 2.52 bits per heavy atom. The molecule has 3 rings (SSSR count). The molecule has 0 spiro atoms. The third-order valence-electron chi connectivity index (χ3n) is 4.90. The molecule has 5 N–H and O–H groups in total. The summed E-state index contributed by atoms with van der Waals surface area (Å²) >= 11 is 0. The fourth-order valence-corrected chi connectivity index (χ4v) is 3.85. The highest BCUT2D eigenvalue weighted by molar-refractivity contribution is 7.93. The number of imidazole rings is 1. The van der Waals surface area contributed by atoms with Crippen LogP contribution in [0.3, 0.4) is 0 Å². The second-order valence-corrected chi connectivity index (χ2v) is 8.40. The van der Waals surface area contributed by atoms with Crippen molar-refractivity contribution in [3.05, 3.63) is 31.8 Å². The van der Waals surface area contributed by atoms with Crippen molar-refractivity contribution in [2.24, 2.45) is 17.3 Å². The monoisotopic (exact) mass is 460 g/mol. The van der Waals surface area contributed by atoms with Gasteiger partial charge in [0.25, 0.3) is 17.6 Å². The molecule has 0 aliphatic carbocycles. The smallest absolute Gasteiger partial charge is 0.424 e. The first-order valence-corrected chi connectivity index (χ1v) is 10.7. The Bertz CT molecular complexity index is 1110. The second kappa shape index (κ2) is 8.43. The number of benzene rings is 1. The van der Waals surface area contributed by atoms with Gasteiger partial charge in [0.05, 0.1) is 5.69 Å². The Morgan fingerprint density at radius 1 is 1.26 bits per heavy atom. The molecule has 1 aromatic heterocycles. The summed E-state index contributed by atoms with van der Waals surface area (Å²) in [7, 11) is 3.39. The van der Waals surface area contributed by atoms with Gasteiger partial charge in [0.2, 0.25) is 0 Å². The van der Waals surface area contributed by atoms with Crippen molar-refractivity contribution in [3.63, 3.8) is 0 Å². The quantitative estimate of drug-likeness (QED) is 0.427. The maximum absolute atomic E-state index is 12.9. The third kappa shape index (κ3) is 4.36. The predicted molar refractivity (Wildman–Crippen MR) is 108 cm³/mol. The highest BCUT2D eigenvalue weighted by Crippen LogP contribution is 2.40. The van der Waals surface area contributed by atoms with E-state index in [1.54, 1.807) is 21.7 Å². The predicted octanol–water partition coefficient (Wildman–Crippen LogP) is 1.45. The number of aromatic nitrogens is 2. The number of anilines is 2. The van der Waals surface area contributed by atoms with Crippen molar-refractivity contribution < 1.29 is 32.2 Å². The first-order chi connectivity index (χ1) is 14.5. The SMILES string of the molecule is [CH2-][NH2+]c1nc(N=Nc2cc3c(cc2NS(=O)(=O)C(F)(F)F)N(CC)CC3)n(C)c1[NH2+][CH2-]. The number of likely N-dealkylation sites (N-methyl/N-ethyl adjacent to an activating group) is 1. The number of sulfonamides is 1. The van der Waals surface area contributed by atoms with Gasteiger partial charge in [0, 0.05) is 25.8 Å². The molecule has 0 unspecified atom stereocenters. The van der Waals surface area contributed by atoms with Gasteiger partial charge in [0.15, 0.2) is 0 Å². The standard InChI is InChI=1S/C17H23F3N8O2S/c1-5-28-7-6-10-8-11(12(9-13(10)28)26-31(29,30)17(18,19)20)24-25-16-23-14(21-2)15(22-3)27(16)4/h8-9,26H,2-3,5-7,21-22H2,1,4H3. The van der Waals surface area contributed by atoms with Crippen LogP contribution in [0.1, 0.15) is 12.5 Å². The van der Waals surface area contributed by atoms with Crippen molar-refractivity contribution in [2.75, 3.05) is 22.7 Å². The van der Waals surface area contributed by atoms with E-state index in [9.17, 15) is 21.6 Å². The molecule has 31 heavy (non-hydrogen) atoms. The number of alkyl halides is 3. The Kier molecular flexibility index (Phi) is 6.25. The third-order valence-corrected chi connectivity index (χ3v) is 6.00. The summed E-state index contributed by atoms with van der Waals surface area (Å²) in [4.78, 5) is 6.18. The number of quaternary nitrogens is 2. The molecular formula is C17H23F3N8O2S. The molecule has 0 saturated carbocycles. The van der Waals surface area contributed by atoms with E-state index in [2.05, 4.69) is 29.3 Å². The molecule has 0 saturated heterocycles. The van der Waals surface area contributed by atoms with Gasteiger partial charge in [0.1, 0.15) is 5.69 Å². The lowest BCUT2D eigenvalue weighted by Gasteiger charge is -2.19. The minimum atomic E-state index is -5.63. The van der Waals surface area contributed by atoms with Gasteiger partial charge < -0.3 is 15.5 Å². The van der Waals surface area contributed by atoms with Gasteiger partial charge in [-0.3, -0.25) is 9.29 Å². The van der Waals surface area contributed by atoms with E-state index in [1.165, 1.54) is 17.4 Å². The largest absolute Gasteiger partial charge is 0.516 e. The van der Waals surface area contributed by atoms with Gasteiger partial charge in [-0.25, -0.2) is 0 Å². The Morgan fingerprint density at radius 2 is 1.97 bits per heavy atom. The van der Waals surface area contributed by atoms with Crippen LogP contribution in [0.25, 0.3) is 0 Å². The van der Waals surface area contributed by atoms with Crippen molar-refractivity contribution >= 4 is 44.7 Å². The molecule has 1 aliphatic heterocycles. The average Bonchev–Trinajstić information content (AvgIpc) is 3.24. The number of azo groups is 1. The van der Waals surface area contributed by atoms with Crippen LogP contribution >= 0.6 is 0 Å². The second-order valence-electron chi connectivity index (χ2n) is 6.73. The normalized spacial score (nSPS) is 14.5. The van der Waals surface area contributed by atoms with Crippen LogP contribution in [0.2, 0.25) is 0 Å². The van der Waals surface area contributed by atoms with Gasteiger partial charge >= 0.3 is 15.5 Å². The van der Waals surface area contributed by atoms with Crippen LogP contribution in [0, 0.1) is 14.1 Å². The van der Waals surface area contributed by atoms with Crippen molar-refractivity contribution in [1.29, 1.82) is 0 Å². The lowest BCUT2D eigenvalue weighted by molar-refractivity contribution is -0.547. The Balaban J connectivity index is 2.07. The van der Waals surface area contributed by atoms with Crippen molar-refractivity contribution in [1.82, 2.24) is 9.55 Å². The zero-order chi connectivity index (χ0) is 23.0. The van der Waals surface area contributed by atoms with E-state index in [0.717, 1.165) is 5.56 Å². The number of nitrogens with one attached hydrogen (secondary N) is 1. The molecule has 1 aliphatic rings. The summed E-state index contributed by atoms with van der Waals surface area (Å²) in [5, 5.41) is 11.1. The van der Waals surface area contributed by atoms with Crippen molar-refractivity contribution in [2.45, 2.75) is 18.9 Å². The Hall–Kier alpha value is -2.71. The van der Waals surface area contributed by atoms with E-state index in [0.29, 0.717) is 36.8 Å². The fourth-order valence-electron chi connectivity index (χ4n) is 3.29. The topological polar surface area (TPSA) is 125 Å². The average molecular weight is 460 g/mol. The van der Waals surface area contributed by atoms with Crippen LogP contribution in [0.15, 0.2) is 22.4 Å². The lowest BCUT2D eigenvalue weighted by Crippen LogP contribution is -2.77. The number of halogens is 3. The van der Waals surface area contributed by atoms with Crippen LogP contribution in [-0.2, 0) is 23.5 Å². The maximum atomic E-state index is 12.9. The van der Waals surface area contributed by atoms with Crippen LogP contribution < -0.4 is 20.3 Å². The lowest BCUT2D eigenvalue weighted by atomic mass is 10.1. The highest BCUT2D eigenvalue weighted by Gasteiger charge is 2.46. The number of hydrogen-bond donors (Lipinski definition) is 3. The fraction of sp³-hybridized carbons (Fsp3) is 0.353. The van der Waals surface area contributed by atoms with Gasteiger partial charge in [-0.1, -0.05) is 0 Å². The molecule has 2 aromatic rings. The summed E-state index contributed by atoms with van der Waals surface area (Å²) in [5.74, 6) is 1.30. The number of hydrogen-bond acceptors (Lipinski definition) is 6. The molecular weight excluding hydrogens is 437 g/mol. The molecule has 170 valence electrons. The first kappa shape index (κ1) is 23.0. The molecule has 2 heterocycles. The molecule has 0 bridgehead atoms. The molecule has 0 atom stereocenters. The summed E-state index contributed by atoms with van der Waals surface area (Å²) in [6.07, 6.45) is 0.654. The summed E-state index contributed by atoms with van der Waals surface area (Å²) < 4.78 is 65.5. The minimum Gasteiger partial charge on any atom is -0.424 e. The van der Waals surface area contributed by atoms with Crippen molar-refractivity contribution in [3.8, 4) is 0 Å². The number of nitrogens with two attached hydrogens (primary N) is 2. The zero-order valence-corrected chi connectivity index (χ0v) is 17.8. The summed E-state index contributed by atoms with van der Waals surface area (Å²) in [6.45, 7) is 3.20. The highest BCUT2D eigenvalue weighted by atomic mass is 32.2. The molecule has 0 radical (unpaired) electrons. The number of fused-ring (bicyclic) bond motifs is 1. The number of rotatable bonds is 7. The number of nitrogens with zero attached hydrogens (tertiary/aromatic N) is 5. The molecule has 14 heteroatoms. The van der Waals surface area contributed by atoms with Crippen LogP contribution in [0.5, 0.6) is 0 Å². The van der Waals surface area contributed by atoms with Crippen LogP contribution in [-0.4, -0.2) is 36.6 Å². The van der Waals surface area contributed by atoms with E-state index >= 15 is 0 Å². The van der Waals surface area contributed by atoms with Gasteiger partial charge in [-0.2, -0.15) is 26.6 Å². The van der Waals surface area contributed by atoms with E-state index in [-0.39, 0.29) is 17.3 Å².